The van der Waals surface area contributed by atoms with Gasteiger partial charge in [0.2, 0.25) is 5.82 Å². The first-order valence-electron chi connectivity index (χ1n) is 8.33. The van der Waals surface area contributed by atoms with Crippen LogP contribution in [0.1, 0.15) is 30.8 Å². The van der Waals surface area contributed by atoms with Gasteiger partial charge in [0.25, 0.3) is 0 Å². The number of halogens is 1. The summed E-state index contributed by atoms with van der Waals surface area (Å²) in [4.78, 5) is 8.72. The standard InChI is InChI=1S/C18H17FN6O/c1-2-14(26)16-21-17(23-22-16)15-12-7-5-9-20-18(12)25(24-15)10-11-6-3-4-8-13(11)19/h3-9,14,26H,2,10H2,1H3,(H,21,22,23). The third-order valence-corrected chi connectivity index (χ3v) is 4.20. The van der Waals surface area contributed by atoms with Crippen LogP contribution in [0.5, 0.6) is 0 Å². The monoisotopic (exact) mass is 352 g/mol. The second-order valence-electron chi connectivity index (χ2n) is 5.94. The van der Waals surface area contributed by atoms with Gasteiger partial charge in [-0.15, -0.1) is 0 Å². The Kier molecular flexibility index (Phi) is 4.18. The molecule has 1 aromatic carbocycles. The largest absolute Gasteiger partial charge is 0.385 e. The molecule has 8 heteroatoms. The van der Waals surface area contributed by atoms with E-state index in [2.05, 4.69) is 25.3 Å². The van der Waals surface area contributed by atoms with Gasteiger partial charge in [-0.25, -0.2) is 19.0 Å². The van der Waals surface area contributed by atoms with E-state index in [9.17, 15) is 9.50 Å². The molecule has 0 amide bonds. The number of aliphatic hydroxyl groups excluding tert-OH is 1. The maximum absolute atomic E-state index is 14.0. The number of hydrogen-bond donors (Lipinski definition) is 2. The molecule has 3 heterocycles. The topological polar surface area (TPSA) is 92.5 Å². The van der Waals surface area contributed by atoms with Crippen LogP contribution in [-0.2, 0) is 6.54 Å². The van der Waals surface area contributed by atoms with E-state index in [0.29, 0.717) is 35.0 Å². The number of benzene rings is 1. The predicted octanol–water partition coefficient (Wildman–Crippen LogP) is 2.85. The summed E-state index contributed by atoms with van der Waals surface area (Å²) < 4.78 is 15.7. The molecule has 1 atom stereocenters. The van der Waals surface area contributed by atoms with Crippen molar-refractivity contribution >= 4 is 11.0 Å². The molecular weight excluding hydrogens is 335 g/mol. The number of rotatable bonds is 5. The highest BCUT2D eigenvalue weighted by Crippen LogP contribution is 2.26. The van der Waals surface area contributed by atoms with Gasteiger partial charge in [-0.05, 0) is 24.6 Å². The minimum atomic E-state index is -0.707. The maximum Gasteiger partial charge on any atom is 0.202 e. The van der Waals surface area contributed by atoms with Crippen LogP contribution in [0.25, 0.3) is 22.6 Å². The Morgan fingerprint density at radius 2 is 2.08 bits per heavy atom. The molecule has 4 rings (SSSR count). The molecule has 0 saturated carbocycles. The quantitative estimate of drug-likeness (QED) is 0.576. The van der Waals surface area contributed by atoms with Crippen molar-refractivity contribution in [2.75, 3.05) is 0 Å². The summed E-state index contributed by atoms with van der Waals surface area (Å²) >= 11 is 0. The fraction of sp³-hybridized carbons (Fsp3) is 0.222. The van der Waals surface area contributed by atoms with Gasteiger partial charge in [-0.3, -0.25) is 5.10 Å². The molecule has 0 radical (unpaired) electrons. The van der Waals surface area contributed by atoms with Crippen LogP contribution in [-0.4, -0.2) is 35.1 Å². The molecule has 26 heavy (non-hydrogen) atoms. The molecule has 0 aliphatic heterocycles. The first-order chi connectivity index (χ1) is 12.7. The van der Waals surface area contributed by atoms with Crippen LogP contribution in [0.2, 0.25) is 0 Å². The molecule has 0 saturated heterocycles. The number of aliphatic hydroxyl groups is 1. The zero-order valence-electron chi connectivity index (χ0n) is 14.1. The van der Waals surface area contributed by atoms with Crippen LogP contribution in [0, 0.1) is 5.82 Å². The molecule has 0 aliphatic rings. The zero-order valence-corrected chi connectivity index (χ0v) is 14.1. The van der Waals surface area contributed by atoms with Crippen molar-refractivity contribution < 1.29 is 9.50 Å². The van der Waals surface area contributed by atoms with Crippen molar-refractivity contribution in [1.29, 1.82) is 0 Å². The van der Waals surface area contributed by atoms with Crippen molar-refractivity contribution in [3.63, 3.8) is 0 Å². The fourth-order valence-electron chi connectivity index (χ4n) is 2.80. The normalized spacial score (nSPS) is 12.6. The molecule has 1 unspecified atom stereocenters. The number of aromatic nitrogens is 6. The van der Waals surface area contributed by atoms with E-state index in [1.54, 1.807) is 35.1 Å². The van der Waals surface area contributed by atoms with Gasteiger partial charge in [0.15, 0.2) is 11.5 Å². The zero-order chi connectivity index (χ0) is 18.1. The average Bonchev–Trinajstić information content (AvgIpc) is 3.28. The van der Waals surface area contributed by atoms with Gasteiger partial charge in [0.05, 0.1) is 11.9 Å². The lowest BCUT2D eigenvalue weighted by Crippen LogP contribution is -2.04. The van der Waals surface area contributed by atoms with Crippen LogP contribution in [0.3, 0.4) is 0 Å². The Morgan fingerprint density at radius 1 is 1.23 bits per heavy atom. The predicted molar refractivity (Wildman–Crippen MR) is 93.7 cm³/mol. The smallest absolute Gasteiger partial charge is 0.202 e. The highest BCUT2D eigenvalue weighted by atomic mass is 19.1. The van der Waals surface area contributed by atoms with Crippen LogP contribution in [0.15, 0.2) is 42.6 Å². The lowest BCUT2D eigenvalue weighted by molar-refractivity contribution is 0.164. The maximum atomic E-state index is 14.0. The first kappa shape index (κ1) is 16.3. The molecule has 0 spiro atoms. The van der Waals surface area contributed by atoms with Crippen molar-refractivity contribution in [1.82, 2.24) is 29.9 Å². The molecule has 0 fully saturated rings. The minimum Gasteiger partial charge on any atom is -0.385 e. The number of nitrogens with one attached hydrogen (secondary N) is 1. The Balaban J connectivity index is 1.79. The van der Waals surface area contributed by atoms with E-state index in [-0.39, 0.29) is 12.4 Å². The molecule has 2 N–H and O–H groups in total. The number of pyridine rings is 1. The highest BCUT2D eigenvalue weighted by Gasteiger charge is 2.19. The second-order valence-corrected chi connectivity index (χ2v) is 5.94. The van der Waals surface area contributed by atoms with Gasteiger partial charge in [0.1, 0.15) is 17.6 Å². The number of nitrogens with zero attached hydrogens (tertiary/aromatic N) is 5. The number of aromatic amines is 1. The van der Waals surface area contributed by atoms with E-state index < -0.39 is 6.10 Å². The Morgan fingerprint density at radius 3 is 2.88 bits per heavy atom. The number of fused-ring (bicyclic) bond motifs is 1. The van der Waals surface area contributed by atoms with Crippen LogP contribution in [0.4, 0.5) is 4.39 Å². The van der Waals surface area contributed by atoms with E-state index in [4.69, 9.17) is 0 Å². The third-order valence-electron chi connectivity index (χ3n) is 4.20. The van der Waals surface area contributed by atoms with E-state index in [0.717, 1.165) is 5.39 Å². The Bertz CT molecular complexity index is 1060. The Labute approximate surface area is 148 Å². The average molecular weight is 352 g/mol. The molecule has 132 valence electrons. The number of hydrogen-bond acceptors (Lipinski definition) is 5. The minimum absolute atomic E-state index is 0.245. The molecule has 0 bridgehead atoms. The summed E-state index contributed by atoms with van der Waals surface area (Å²) in [6.07, 6.45) is 1.48. The van der Waals surface area contributed by atoms with Crippen molar-refractivity contribution in [3.05, 3.63) is 59.8 Å². The van der Waals surface area contributed by atoms with Crippen molar-refractivity contribution in [2.24, 2.45) is 0 Å². The van der Waals surface area contributed by atoms with Gasteiger partial charge in [-0.2, -0.15) is 10.2 Å². The lowest BCUT2D eigenvalue weighted by atomic mass is 10.2. The molecule has 0 aliphatic carbocycles. The van der Waals surface area contributed by atoms with Gasteiger partial charge < -0.3 is 5.11 Å². The summed E-state index contributed by atoms with van der Waals surface area (Å²) in [7, 11) is 0. The van der Waals surface area contributed by atoms with Crippen molar-refractivity contribution in [3.8, 4) is 11.5 Å². The van der Waals surface area contributed by atoms with Crippen LogP contribution >= 0.6 is 0 Å². The summed E-state index contributed by atoms with van der Waals surface area (Å²) in [6.45, 7) is 2.10. The van der Waals surface area contributed by atoms with Gasteiger partial charge >= 0.3 is 0 Å². The van der Waals surface area contributed by atoms with E-state index in [1.165, 1.54) is 6.07 Å². The Hall–Kier alpha value is -3.13. The lowest BCUT2D eigenvalue weighted by Gasteiger charge is -2.04. The van der Waals surface area contributed by atoms with Gasteiger partial charge in [-0.1, -0.05) is 25.1 Å². The van der Waals surface area contributed by atoms with E-state index in [1.807, 2.05) is 13.0 Å². The molecule has 3 aromatic heterocycles. The molecular formula is C18H17FN6O. The molecule has 4 aromatic rings. The first-order valence-corrected chi connectivity index (χ1v) is 8.33. The van der Waals surface area contributed by atoms with E-state index >= 15 is 0 Å². The summed E-state index contributed by atoms with van der Waals surface area (Å²) in [6, 6.07) is 10.2. The second kappa shape index (κ2) is 6.64. The van der Waals surface area contributed by atoms with Crippen LogP contribution < -0.4 is 0 Å². The van der Waals surface area contributed by atoms with Gasteiger partial charge in [0, 0.05) is 11.8 Å². The summed E-state index contributed by atoms with van der Waals surface area (Å²) in [5.41, 5.74) is 1.68. The third kappa shape index (κ3) is 2.84. The summed E-state index contributed by atoms with van der Waals surface area (Å²) in [5, 5.41) is 22.2. The summed E-state index contributed by atoms with van der Waals surface area (Å²) in [5.74, 6) is 0.473. The SMILES string of the molecule is CCC(O)c1nc(-c2nn(Cc3ccccc3F)c3ncccc23)n[nH]1. The fourth-order valence-corrected chi connectivity index (χ4v) is 2.80. The number of H-pyrrole nitrogens is 1. The highest BCUT2D eigenvalue weighted by molar-refractivity contribution is 5.89. The van der Waals surface area contributed by atoms with Crippen molar-refractivity contribution in [2.45, 2.75) is 26.0 Å². The molecule has 7 nitrogen and oxygen atoms in total.